The Kier molecular flexibility index (Phi) is 4.12. The van der Waals surface area contributed by atoms with Gasteiger partial charge in [0.1, 0.15) is 5.76 Å². The van der Waals surface area contributed by atoms with Crippen molar-refractivity contribution >= 4 is 21.8 Å². The van der Waals surface area contributed by atoms with Crippen molar-refractivity contribution in [2.75, 3.05) is 27.2 Å². The van der Waals surface area contributed by atoms with Crippen LogP contribution in [0.2, 0.25) is 0 Å². The molecule has 0 bridgehead atoms. The van der Waals surface area contributed by atoms with Crippen molar-refractivity contribution < 1.29 is 9.21 Å². The van der Waals surface area contributed by atoms with E-state index in [0.717, 1.165) is 29.9 Å². The van der Waals surface area contributed by atoms with Crippen molar-refractivity contribution in [1.29, 1.82) is 0 Å². The van der Waals surface area contributed by atoms with E-state index in [0.29, 0.717) is 18.6 Å². The lowest BCUT2D eigenvalue weighted by Crippen LogP contribution is -2.58. The second kappa shape index (κ2) is 5.74. The van der Waals surface area contributed by atoms with Crippen LogP contribution in [-0.2, 0) is 11.3 Å². The van der Waals surface area contributed by atoms with E-state index in [-0.39, 0.29) is 11.9 Å². The third-order valence-electron chi connectivity index (χ3n) is 4.74. The lowest BCUT2D eigenvalue weighted by atomic mass is 10.1. The maximum atomic E-state index is 12.6. The van der Waals surface area contributed by atoms with Crippen molar-refractivity contribution in [3.8, 4) is 0 Å². The fourth-order valence-corrected chi connectivity index (χ4v) is 3.71. The second-order valence-corrected chi connectivity index (χ2v) is 7.09. The highest BCUT2D eigenvalue weighted by molar-refractivity contribution is 9.10. The molecule has 3 rings (SSSR count). The number of likely N-dealkylation sites (N-methyl/N-ethyl adjacent to an activating group) is 1. The summed E-state index contributed by atoms with van der Waals surface area (Å²) in [6.45, 7) is 4.48. The summed E-state index contributed by atoms with van der Waals surface area (Å²) < 4.78 is 6.32. The molecule has 1 amide bonds. The molecule has 2 aliphatic heterocycles. The van der Waals surface area contributed by atoms with Gasteiger partial charge in [-0.05, 0) is 55.5 Å². The Morgan fingerprint density at radius 3 is 2.76 bits per heavy atom. The zero-order valence-electron chi connectivity index (χ0n) is 12.8. The Bertz CT molecular complexity index is 531. The zero-order valence-corrected chi connectivity index (χ0v) is 14.3. The van der Waals surface area contributed by atoms with Gasteiger partial charge >= 0.3 is 0 Å². The van der Waals surface area contributed by atoms with Gasteiger partial charge in [-0.15, -0.1) is 0 Å². The molecule has 0 aliphatic carbocycles. The van der Waals surface area contributed by atoms with Crippen LogP contribution in [-0.4, -0.2) is 65.9 Å². The van der Waals surface area contributed by atoms with E-state index < -0.39 is 0 Å². The van der Waals surface area contributed by atoms with Gasteiger partial charge in [-0.3, -0.25) is 9.69 Å². The lowest BCUT2D eigenvalue weighted by Gasteiger charge is -2.41. The van der Waals surface area contributed by atoms with Crippen molar-refractivity contribution in [3.05, 3.63) is 22.6 Å². The van der Waals surface area contributed by atoms with Gasteiger partial charge in [0.25, 0.3) is 0 Å². The number of amides is 1. The largest absolute Gasteiger partial charge is 0.453 e. The van der Waals surface area contributed by atoms with Crippen LogP contribution in [0.5, 0.6) is 0 Å². The number of piperazine rings is 1. The predicted octanol–water partition coefficient (Wildman–Crippen LogP) is 1.78. The van der Waals surface area contributed by atoms with E-state index in [1.54, 1.807) is 0 Å². The molecule has 21 heavy (non-hydrogen) atoms. The molecule has 0 N–H and O–H groups in total. The third-order valence-corrected chi connectivity index (χ3v) is 5.17. The third kappa shape index (κ3) is 2.89. The fraction of sp³-hybridized carbons (Fsp3) is 0.667. The van der Waals surface area contributed by atoms with Gasteiger partial charge < -0.3 is 14.2 Å². The molecule has 2 fully saturated rings. The maximum Gasteiger partial charge on any atom is 0.240 e. The Morgan fingerprint density at radius 2 is 2.14 bits per heavy atom. The maximum absolute atomic E-state index is 12.6. The van der Waals surface area contributed by atoms with Crippen LogP contribution < -0.4 is 0 Å². The van der Waals surface area contributed by atoms with Gasteiger partial charge in [0, 0.05) is 25.2 Å². The summed E-state index contributed by atoms with van der Waals surface area (Å²) in [5.74, 6) is 1.15. The summed E-state index contributed by atoms with van der Waals surface area (Å²) in [6, 6.07) is 4.59. The molecular weight excluding hydrogens is 334 g/mol. The SMILES string of the molecule is C[C@H]1C(=O)N2C[C@@H](N(C)C)C[C@H]2CN1Cc1ccc(Br)o1. The molecule has 0 unspecified atom stereocenters. The molecule has 0 aromatic carbocycles. The number of hydrogen-bond donors (Lipinski definition) is 0. The van der Waals surface area contributed by atoms with Crippen LogP contribution in [0.3, 0.4) is 0 Å². The van der Waals surface area contributed by atoms with E-state index in [1.807, 2.05) is 19.1 Å². The topological polar surface area (TPSA) is 39.9 Å². The van der Waals surface area contributed by atoms with E-state index in [9.17, 15) is 4.79 Å². The average molecular weight is 356 g/mol. The first-order valence-electron chi connectivity index (χ1n) is 7.41. The zero-order chi connectivity index (χ0) is 15.1. The van der Waals surface area contributed by atoms with Gasteiger partial charge in [-0.25, -0.2) is 0 Å². The van der Waals surface area contributed by atoms with Crippen LogP contribution in [0.25, 0.3) is 0 Å². The standard InChI is InChI=1S/C15H22BrN3O2/c1-10-15(20)19-8-11(17(2)3)6-12(19)7-18(10)9-13-4-5-14(16)21-13/h4-5,10-12H,6-9H2,1-3H3/t10-,11-,12-/m0/s1. The highest BCUT2D eigenvalue weighted by atomic mass is 79.9. The molecule has 5 nitrogen and oxygen atoms in total. The van der Waals surface area contributed by atoms with Gasteiger partial charge in [0.15, 0.2) is 4.67 Å². The molecule has 116 valence electrons. The molecule has 2 aliphatic rings. The summed E-state index contributed by atoms with van der Waals surface area (Å²) in [5, 5.41) is 0. The van der Waals surface area contributed by atoms with Crippen LogP contribution in [0.4, 0.5) is 0 Å². The highest BCUT2D eigenvalue weighted by Gasteiger charge is 2.44. The van der Waals surface area contributed by atoms with Crippen LogP contribution >= 0.6 is 15.9 Å². The number of carbonyl (C=O) groups excluding carboxylic acids is 1. The second-order valence-electron chi connectivity index (χ2n) is 6.31. The van der Waals surface area contributed by atoms with Crippen molar-refractivity contribution in [3.63, 3.8) is 0 Å². The minimum atomic E-state index is -0.0777. The molecular formula is C15H22BrN3O2. The number of fused-ring (bicyclic) bond motifs is 1. The van der Waals surface area contributed by atoms with Gasteiger partial charge in [-0.2, -0.15) is 0 Å². The molecule has 3 heterocycles. The average Bonchev–Trinajstić information content (AvgIpc) is 3.02. The molecule has 6 heteroatoms. The number of hydrogen-bond acceptors (Lipinski definition) is 4. The minimum Gasteiger partial charge on any atom is -0.453 e. The number of rotatable bonds is 3. The molecule has 1 aromatic rings. The summed E-state index contributed by atoms with van der Waals surface area (Å²) in [7, 11) is 4.18. The Labute approximate surface area is 134 Å². The van der Waals surface area contributed by atoms with Crippen LogP contribution in [0, 0.1) is 0 Å². The predicted molar refractivity (Wildman–Crippen MR) is 83.9 cm³/mol. The first-order chi connectivity index (χ1) is 9.95. The monoisotopic (exact) mass is 355 g/mol. The molecule has 1 aromatic heterocycles. The minimum absolute atomic E-state index is 0.0777. The van der Waals surface area contributed by atoms with Crippen molar-refractivity contribution in [1.82, 2.24) is 14.7 Å². The summed E-state index contributed by atoms with van der Waals surface area (Å²) in [5.41, 5.74) is 0. The first-order valence-corrected chi connectivity index (χ1v) is 8.20. The van der Waals surface area contributed by atoms with E-state index >= 15 is 0 Å². The van der Waals surface area contributed by atoms with Crippen LogP contribution in [0.1, 0.15) is 19.1 Å². The molecule has 2 saturated heterocycles. The summed E-state index contributed by atoms with van der Waals surface area (Å²) >= 11 is 3.33. The summed E-state index contributed by atoms with van der Waals surface area (Å²) in [4.78, 5) is 19.1. The quantitative estimate of drug-likeness (QED) is 0.828. The Balaban J connectivity index is 1.72. The number of furan rings is 1. The van der Waals surface area contributed by atoms with Gasteiger partial charge in [0.05, 0.1) is 12.6 Å². The van der Waals surface area contributed by atoms with E-state index in [2.05, 4.69) is 44.7 Å². The van der Waals surface area contributed by atoms with Crippen molar-refractivity contribution in [2.45, 2.75) is 38.0 Å². The summed E-state index contributed by atoms with van der Waals surface area (Å²) in [6.07, 6.45) is 1.06. The highest BCUT2D eigenvalue weighted by Crippen LogP contribution is 2.29. The van der Waals surface area contributed by atoms with Crippen LogP contribution in [0.15, 0.2) is 21.2 Å². The number of nitrogens with zero attached hydrogens (tertiary/aromatic N) is 3. The normalized spacial score (nSPS) is 30.2. The van der Waals surface area contributed by atoms with Gasteiger partial charge in [0.2, 0.25) is 5.91 Å². The smallest absolute Gasteiger partial charge is 0.240 e. The van der Waals surface area contributed by atoms with E-state index in [4.69, 9.17) is 4.42 Å². The Hall–Kier alpha value is -0.850. The van der Waals surface area contributed by atoms with Gasteiger partial charge in [-0.1, -0.05) is 0 Å². The number of carbonyl (C=O) groups is 1. The molecule has 0 radical (unpaired) electrons. The van der Waals surface area contributed by atoms with Crippen molar-refractivity contribution in [2.24, 2.45) is 0 Å². The molecule has 0 saturated carbocycles. The van der Waals surface area contributed by atoms with E-state index in [1.165, 1.54) is 0 Å². The molecule has 0 spiro atoms. The Morgan fingerprint density at radius 1 is 1.38 bits per heavy atom. The number of halogens is 1. The first kappa shape index (κ1) is 15.1. The lowest BCUT2D eigenvalue weighted by molar-refractivity contribution is -0.143. The fourth-order valence-electron chi connectivity index (χ4n) is 3.37. The molecule has 3 atom stereocenters.